The second-order valence-electron chi connectivity index (χ2n) is 4.23. The number of hydrogen-bond acceptors (Lipinski definition) is 5. The minimum atomic E-state index is -0.892. The van der Waals surface area contributed by atoms with Crippen LogP contribution in [0, 0.1) is 6.92 Å². The van der Waals surface area contributed by atoms with Crippen LogP contribution in [0.3, 0.4) is 0 Å². The first-order valence-electron chi connectivity index (χ1n) is 5.71. The standard InChI is InChI=1S/C11H15N3O4/c1-7-12-9(5-10(15)13-7)14-2-3-18-8(6-14)4-11(16)17/h5,8H,2-4,6H2,1H3,(H,16,17)(H,12,13,15). The van der Waals surface area contributed by atoms with Crippen LogP contribution in [0.5, 0.6) is 0 Å². The fraction of sp³-hybridized carbons (Fsp3) is 0.545. The topological polar surface area (TPSA) is 95.5 Å². The summed E-state index contributed by atoms with van der Waals surface area (Å²) in [4.78, 5) is 30.7. The number of aliphatic carboxylic acids is 1. The molecule has 0 radical (unpaired) electrons. The number of nitrogens with zero attached hydrogens (tertiary/aromatic N) is 2. The lowest BCUT2D eigenvalue weighted by atomic mass is 10.2. The molecule has 0 spiro atoms. The first kappa shape index (κ1) is 12.6. The molecule has 1 saturated heterocycles. The van der Waals surface area contributed by atoms with E-state index in [-0.39, 0.29) is 18.1 Å². The molecule has 2 heterocycles. The van der Waals surface area contributed by atoms with Gasteiger partial charge in [-0.05, 0) is 6.92 Å². The van der Waals surface area contributed by atoms with Gasteiger partial charge in [0.05, 0.1) is 19.1 Å². The van der Waals surface area contributed by atoms with Crippen LogP contribution in [0.1, 0.15) is 12.2 Å². The van der Waals surface area contributed by atoms with Gasteiger partial charge in [-0.2, -0.15) is 0 Å². The number of H-pyrrole nitrogens is 1. The van der Waals surface area contributed by atoms with Gasteiger partial charge in [0.1, 0.15) is 11.6 Å². The summed E-state index contributed by atoms with van der Waals surface area (Å²) >= 11 is 0. The van der Waals surface area contributed by atoms with Gasteiger partial charge in [0, 0.05) is 19.2 Å². The monoisotopic (exact) mass is 253 g/mol. The number of hydrogen-bond donors (Lipinski definition) is 2. The molecule has 1 fully saturated rings. The first-order valence-corrected chi connectivity index (χ1v) is 5.71. The van der Waals surface area contributed by atoms with Crippen molar-refractivity contribution in [1.82, 2.24) is 9.97 Å². The zero-order valence-electron chi connectivity index (χ0n) is 10.0. The third-order valence-corrected chi connectivity index (χ3v) is 2.71. The molecular weight excluding hydrogens is 238 g/mol. The lowest BCUT2D eigenvalue weighted by molar-refractivity contribution is -0.140. The van der Waals surface area contributed by atoms with Crippen molar-refractivity contribution >= 4 is 11.8 Å². The molecular formula is C11H15N3O4. The van der Waals surface area contributed by atoms with E-state index in [1.54, 1.807) is 6.92 Å². The van der Waals surface area contributed by atoms with Crippen LogP contribution in [0.15, 0.2) is 10.9 Å². The molecule has 1 aromatic rings. The molecule has 0 amide bonds. The van der Waals surface area contributed by atoms with E-state index in [4.69, 9.17) is 9.84 Å². The van der Waals surface area contributed by atoms with Crippen LogP contribution in [-0.2, 0) is 9.53 Å². The van der Waals surface area contributed by atoms with Crippen molar-refractivity contribution in [2.45, 2.75) is 19.4 Å². The summed E-state index contributed by atoms with van der Waals surface area (Å²) < 4.78 is 5.36. The number of carbonyl (C=O) groups is 1. The molecule has 1 unspecified atom stereocenters. The number of morpholine rings is 1. The number of ether oxygens (including phenoxy) is 1. The molecule has 0 aromatic carbocycles. The van der Waals surface area contributed by atoms with Crippen molar-refractivity contribution in [3.63, 3.8) is 0 Å². The molecule has 7 nitrogen and oxygen atoms in total. The van der Waals surface area contributed by atoms with Crippen molar-refractivity contribution in [2.75, 3.05) is 24.6 Å². The molecule has 1 aliphatic rings. The third-order valence-electron chi connectivity index (χ3n) is 2.71. The maximum atomic E-state index is 11.4. The van der Waals surface area contributed by atoms with Crippen LogP contribution in [0.25, 0.3) is 0 Å². The molecule has 1 aliphatic heterocycles. The van der Waals surface area contributed by atoms with E-state index in [1.165, 1.54) is 6.07 Å². The van der Waals surface area contributed by atoms with Gasteiger partial charge in [0.15, 0.2) is 0 Å². The maximum absolute atomic E-state index is 11.4. The Hall–Kier alpha value is -1.89. The average molecular weight is 253 g/mol. The minimum absolute atomic E-state index is 0.0430. The molecule has 98 valence electrons. The zero-order chi connectivity index (χ0) is 13.1. The molecule has 0 bridgehead atoms. The van der Waals surface area contributed by atoms with Gasteiger partial charge in [0.2, 0.25) is 0 Å². The van der Waals surface area contributed by atoms with E-state index in [0.29, 0.717) is 31.3 Å². The Labute approximate surface area is 103 Å². The van der Waals surface area contributed by atoms with Crippen LogP contribution in [0.2, 0.25) is 0 Å². The zero-order valence-corrected chi connectivity index (χ0v) is 10.0. The number of nitrogens with one attached hydrogen (secondary N) is 1. The summed E-state index contributed by atoms with van der Waals surface area (Å²) in [5, 5.41) is 8.74. The highest BCUT2D eigenvalue weighted by Crippen LogP contribution is 2.15. The summed E-state index contributed by atoms with van der Waals surface area (Å²) in [7, 11) is 0. The molecule has 1 atom stereocenters. The van der Waals surface area contributed by atoms with Crippen molar-refractivity contribution < 1.29 is 14.6 Å². The van der Waals surface area contributed by atoms with Crippen molar-refractivity contribution in [1.29, 1.82) is 0 Å². The molecule has 0 aliphatic carbocycles. The lowest BCUT2D eigenvalue weighted by Gasteiger charge is -2.33. The summed E-state index contributed by atoms with van der Waals surface area (Å²) in [6.07, 6.45) is -0.406. The summed E-state index contributed by atoms with van der Waals surface area (Å²) in [5.41, 5.74) is -0.209. The van der Waals surface area contributed by atoms with Crippen LogP contribution >= 0.6 is 0 Å². The maximum Gasteiger partial charge on any atom is 0.306 e. The highest BCUT2D eigenvalue weighted by Gasteiger charge is 2.23. The van der Waals surface area contributed by atoms with Gasteiger partial charge in [-0.15, -0.1) is 0 Å². The molecule has 7 heteroatoms. The van der Waals surface area contributed by atoms with Crippen molar-refractivity contribution in [2.24, 2.45) is 0 Å². The number of carboxylic acids is 1. The predicted octanol–water partition coefficient (Wildman–Crippen LogP) is -0.242. The molecule has 2 rings (SSSR count). The second kappa shape index (κ2) is 5.18. The van der Waals surface area contributed by atoms with Crippen LogP contribution in [0.4, 0.5) is 5.82 Å². The van der Waals surface area contributed by atoms with Crippen molar-refractivity contribution in [3.05, 3.63) is 22.2 Å². The predicted molar refractivity (Wildman–Crippen MR) is 63.8 cm³/mol. The summed E-state index contributed by atoms with van der Waals surface area (Å²) in [6.45, 7) is 3.18. The van der Waals surface area contributed by atoms with Gasteiger partial charge in [0.25, 0.3) is 5.56 Å². The van der Waals surface area contributed by atoms with Gasteiger partial charge < -0.3 is 19.7 Å². The number of aromatic nitrogens is 2. The van der Waals surface area contributed by atoms with Gasteiger partial charge >= 0.3 is 5.97 Å². The fourth-order valence-corrected chi connectivity index (χ4v) is 1.97. The number of aromatic amines is 1. The van der Waals surface area contributed by atoms with Crippen molar-refractivity contribution in [3.8, 4) is 0 Å². The summed E-state index contributed by atoms with van der Waals surface area (Å²) in [6, 6.07) is 1.41. The smallest absolute Gasteiger partial charge is 0.306 e. The van der Waals surface area contributed by atoms with Gasteiger partial charge in [-0.1, -0.05) is 0 Å². The van der Waals surface area contributed by atoms with E-state index in [1.807, 2.05) is 4.90 Å². The Bertz CT molecular complexity index is 499. The number of aryl methyl sites for hydroxylation is 1. The Morgan fingerprint density at radius 1 is 1.72 bits per heavy atom. The second-order valence-corrected chi connectivity index (χ2v) is 4.23. The number of carboxylic acid groups (broad SMARTS) is 1. The van der Waals surface area contributed by atoms with Gasteiger partial charge in [-0.3, -0.25) is 9.59 Å². The number of rotatable bonds is 3. The Morgan fingerprint density at radius 3 is 3.17 bits per heavy atom. The largest absolute Gasteiger partial charge is 0.481 e. The Kier molecular flexibility index (Phi) is 3.61. The molecule has 2 N–H and O–H groups in total. The number of anilines is 1. The quantitative estimate of drug-likeness (QED) is 0.771. The van der Waals surface area contributed by atoms with E-state index >= 15 is 0 Å². The van der Waals surface area contributed by atoms with E-state index in [0.717, 1.165) is 0 Å². The van der Waals surface area contributed by atoms with Gasteiger partial charge in [-0.25, -0.2) is 4.98 Å². The Balaban J connectivity index is 2.12. The van der Waals surface area contributed by atoms with Crippen LogP contribution in [-0.4, -0.2) is 46.8 Å². The van der Waals surface area contributed by atoms with Crippen LogP contribution < -0.4 is 10.5 Å². The molecule has 1 aromatic heterocycles. The highest BCUT2D eigenvalue weighted by molar-refractivity contribution is 5.67. The summed E-state index contributed by atoms with van der Waals surface area (Å²) in [5.74, 6) is 0.214. The first-order chi connectivity index (χ1) is 8.54. The SMILES string of the molecule is Cc1nc(N2CCOC(CC(=O)O)C2)cc(=O)[nH]1. The van der Waals surface area contributed by atoms with E-state index in [9.17, 15) is 9.59 Å². The highest BCUT2D eigenvalue weighted by atomic mass is 16.5. The molecule has 0 saturated carbocycles. The van der Waals surface area contributed by atoms with E-state index in [2.05, 4.69) is 9.97 Å². The fourth-order valence-electron chi connectivity index (χ4n) is 1.97. The average Bonchev–Trinajstić information content (AvgIpc) is 2.27. The lowest BCUT2D eigenvalue weighted by Crippen LogP contribution is -2.44. The minimum Gasteiger partial charge on any atom is -0.481 e. The Morgan fingerprint density at radius 2 is 2.50 bits per heavy atom. The third kappa shape index (κ3) is 3.07. The molecule has 18 heavy (non-hydrogen) atoms. The normalized spacial score (nSPS) is 19.8. The van der Waals surface area contributed by atoms with E-state index < -0.39 is 5.97 Å².